The Labute approximate surface area is 261 Å². The zero-order chi connectivity index (χ0) is 40.3. The van der Waals surface area contributed by atoms with E-state index in [1.165, 1.54) is 14.1 Å². The van der Waals surface area contributed by atoms with E-state index in [4.69, 9.17) is 0 Å². The molecule has 0 aliphatic heterocycles. The van der Waals surface area contributed by atoms with Crippen molar-refractivity contribution in [1.29, 1.82) is 0 Å². The highest BCUT2D eigenvalue weighted by Crippen LogP contribution is 2.66. The minimum Gasteiger partial charge on any atom is -0.748 e. The lowest BCUT2D eigenvalue weighted by molar-refractivity contribution is -0.890. The van der Waals surface area contributed by atoms with Crippen molar-refractivity contribution in [3.05, 3.63) is 0 Å². The Balaban J connectivity index is 6.70. The van der Waals surface area contributed by atoms with Gasteiger partial charge in [0.2, 0.25) is 0 Å². The highest BCUT2D eigenvalue weighted by atomic mass is 32.2. The van der Waals surface area contributed by atoms with Crippen LogP contribution in [0.5, 0.6) is 0 Å². The van der Waals surface area contributed by atoms with Crippen LogP contribution in [-0.4, -0.2) is 136 Å². The molecule has 0 heterocycles. The number of sulfonamides is 1. The third kappa shape index (κ3) is 7.61. The molecule has 0 radical (unpaired) electrons. The van der Waals surface area contributed by atoms with Crippen molar-refractivity contribution in [3.63, 3.8) is 0 Å². The van der Waals surface area contributed by atoms with Gasteiger partial charge in [0.25, 0.3) is 10.0 Å². The number of halogens is 21. The van der Waals surface area contributed by atoms with Crippen LogP contribution in [0.4, 0.5) is 92.2 Å². The summed E-state index contributed by atoms with van der Waals surface area (Å²) in [6, 6.07) is 0. The fourth-order valence-electron chi connectivity index (χ4n) is 3.52. The van der Waals surface area contributed by atoms with Crippen LogP contribution in [0.2, 0.25) is 0 Å². The van der Waals surface area contributed by atoms with Crippen LogP contribution < -0.4 is 0 Å². The van der Waals surface area contributed by atoms with Crippen LogP contribution in [-0.2, 0) is 20.1 Å². The average molecular weight is 820 g/mol. The first-order valence-electron chi connectivity index (χ1n) is 12.0. The molecule has 0 fully saturated rings. The summed E-state index contributed by atoms with van der Waals surface area (Å²) in [6.07, 6.45) is -9.29. The van der Waals surface area contributed by atoms with E-state index >= 15 is 0 Å². The minimum atomic E-state index is -9.40. The normalized spacial score (nSPS) is 16.4. The standard InChI is InChI=1S/C19H21F21N2O5S2/c1-41(6-4-7-42(2,3)8-5-9-48(43,44)45)49(46,47)19(39,40)17(34,35)15(30,31)13(26,27)11(22,23)10(20,21)12(24,25)14(28,29)16(32,33)18(36,37)38/h4-9H2,1-3H3. The van der Waals surface area contributed by atoms with E-state index < -0.39 is 113 Å². The van der Waals surface area contributed by atoms with Gasteiger partial charge in [0.1, 0.15) is 0 Å². The Kier molecular flexibility index (Phi) is 12.6. The predicted octanol–water partition coefficient (Wildman–Crippen LogP) is 5.89. The maximum atomic E-state index is 14.4. The van der Waals surface area contributed by atoms with Crippen molar-refractivity contribution >= 4 is 20.1 Å². The molecule has 0 aliphatic carbocycles. The van der Waals surface area contributed by atoms with E-state index in [1.807, 2.05) is 0 Å². The number of hydrogen-bond donors (Lipinski definition) is 0. The van der Waals surface area contributed by atoms with Crippen LogP contribution in [0.15, 0.2) is 0 Å². The third-order valence-electron chi connectivity index (χ3n) is 6.61. The maximum Gasteiger partial charge on any atom is 0.460 e. The molecule has 0 bridgehead atoms. The van der Waals surface area contributed by atoms with Gasteiger partial charge in [-0.15, -0.1) is 0 Å². The lowest BCUT2D eigenvalue weighted by atomic mass is 9.87. The van der Waals surface area contributed by atoms with Gasteiger partial charge in [-0.1, -0.05) is 0 Å². The van der Waals surface area contributed by atoms with Crippen LogP contribution in [0.1, 0.15) is 12.8 Å². The second-order valence-electron chi connectivity index (χ2n) is 10.8. The van der Waals surface area contributed by atoms with Crippen LogP contribution in [0.3, 0.4) is 0 Å². The van der Waals surface area contributed by atoms with Crippen molar-refractivity contribution in [2.75, 3.05) is 46.5 Å². The van der Waals surface area contributed by atoms with Gasteiger partial charge in [0.05, 0.1) is 37.3 Å². The summed E-state index contributed by atoms with van der Waals surface area (Å²) in [5.74, 6) is -73.6. The number of hydrogen-bond acceptors (Lipinski definition) is 5. The van der Waals surface area contributed by atoms with E-state index in [0.29, 0.717) is 0 Å². The van der Waals surface area contributed by atoms with Gasteiger partial charge in [0, 0.05) is 32.2 Å². The molecule has 0 aromatic carbocycles. The van der Waals surface area contributed by atoms with Gasteiger partial charge in [-0.05, 0) is 0 Å². The van der Waals surface area contributed by atoms with Crippen molar-refractivity contribution in [2.24, 2.45) is 0 Å². The van der Waals surface area contributed by atoms with E-state index in [9.17, 15) is 114 Å². The Morgan fingerprint density at radius 3 is 1.10 bits per heavy atom. The van der Waals surface area contributed by atoms with Gasteiger partial charge in [-0.2, -0.15) is 96.5 Å². The fourth-order valence-corrected chi connectivity index (χ4v) is 5.22. The first-order valence-corrected chi connectivity index (χ1v) is 15.0. The molecule has 7 nitrogen and oxygen atoms in total. The lowest BCUT2D eigenvalue weighted by Crippen LogP contribution is -2.77. The summed E-state index contributed by atoms with van der Waals surface area (Å²) in [7, 11) is -10.1. The number of quaternary nitrogens is 1. The van der Waals surface area contributed by atoms with Gasteiger partial charge in [0.15, 0.2) is 0 Å². The smallest absolute Gasteiger partial charge is 0.460 e. The number of alkyl halides is 21. The molecule has 0 aliphatic rings. The summed E-state index contributed by atoms with van der Waals surface area (Å²) in [6.45, 7) is -2.21. The SMILES string of the molecule is CN(CCC[N+](C)(C)CCCS(=O)(=O)[O-])S(=O)(=O)C(F)(F)C(F)(F)C(F)(F)C(F)(F)C(F)(F)C(F)(F)C(F)(F)C(F)(F)C(F)(F)C(F)(F)F. The Hall–Kier alpha value is -1.69. The molecule has 30 heteroatoms. The largest absolute Gasteiger partial charge is 0.748 e. The molecule has 0 unspecified atom stereocenters. The topological polar surface area (TPSA) is 94.6 Å². The Bertz CT molecular complexity index is 1400. The van der Waals surface area contributed by atoms with Gasteiger partial charge >= 0.3 is 58.8 Å². The minimum absolute atomic E-state index is 0.175. The summed E-state index contributed by atoms with van der Waals surface area (Å²) in [4.78, 5) is 0. The highest BCUT2D eigenvalue weighted by molar-refractivity contribution is 7.90. The molecule has 0 aromatic heterocycles. The Morgan fingerprint density at radius 2 is 0.796 bits per heavy atom. The zero-order valence-electron chi connectivity index (χ0n) is 23.9. The van der Waals surface area contributed by atoms with Crippen LogP contribution in [0.25, 0.3) is 0 Å². The fraction of sp³-hybridized carbons (Fsp3) is 1.00. The first kappa shape index (κ1) is 47.3. The molecule has 0 N–H and O–H groups in total. The highest BCUT2D eigenvalue weighted by Gasteiger charge is 2.98. The van der Waals surface area contributed by atoms with Gasteiger partial charge in [-0.25, -0.2) is 16.8 Å². The van der Waals surface area contributed by atoms with Crippen LogP contribution in [0, 0.1) is 0 Å². The second kappa shape index (κ2) is 13.1. The van der Waals surface area contributed by atoms with Crippen molar-refractivity contribution in [1.82, 2.24) is 4.31 Å². The monoisotopic (exact) mass is 820 g/mol. The summed E-state index contributed by atoms with van der Waals surface area (Å²) < 4.78 is 339. The quantitative estimate of drug-likeness (QED) is 0.0979. The molecule has 49 heavy (non-hydrogen) atoms. The second-order valence-corrected chi connectivity index (χ2v) is 14.4. The van der Waals surface area contributed by atoms with E-state index in [-0.39, 0.29) is 20.0 Å². The van der Waals surface area contributed by atoms with Gasteiger partial charge < -0.3 is 9.04 Å². The molecule has 0 atom stereocenters. The number of rotatable bonds is 18. The Morgan fingerprint density at radius 1 is 0.510 bits per heavy atom. The number of nitrogens with zero attached hydrogens (tertiary/aromatic N) is 2. The molecule has 296 valence electrons. The molecule has 0 saturated heterocycles. The van der Waals surface area contributed by atoms with Crippen LogP contribution >= 0.6 is 0 Å². The summed E-state index contributed by atoms with van der Waals surface area (Å²) in [5, 5.41) is -7.85. The van der Waals surface area contributed by atoms with E-state index in [1.54, 1.807) is 0 Å². The van der Waals surface area contributed by atoms with Crippen molar-refractivity contribution < 1.29 is 118 Å². The molecular formula is C19H21F21N2O5S2. The molecule has 0 rings (SSSR count). The van der Waals surface area contributed by atoms with E-state index in [2.05, 4.69) is 0 Å². The molecule has 0 spiro atoms. The van der Waals surface area contributed by atoms with Crippen molar-refractivity contribution in [2.45, 2.75) is 71.7 Å². The van der Waals surface area contributed by atoms with E-state index in [0.717, 1.165) is 0 Å². The average Bonchev–Trinajstić information content (AvgIpc) is 2.85. The molecule has 0 amide bonds. The molecular weight excluding hydrogens is 799 g/mol. The molecule has 0 saturated carbocycles. The zero-order valence-corrected chi connectivity index (χ0v) is 25.6. The lowest BCUT2D eigenvalue weighted by Gasteiger charge is -2.44. The maximum absolute atomic E-state index is 14.4. The predicted molar refractivity (Wildman–Crippen MR) is 118 cm³/mol. The summed E-state index contributed by atoms with van der Waals surface area (Å²) in [5.41, 5.74) is 0. The third-order valence-corrected chi connectivity index (χ3v) is 9.31. The van der Waals surface area contributed by atoms with Gasteiger partial charge in [-0.3, -0.25) is 0 Å². The molecule has 0 aromatic rings. The summed E-state index contributed by atoms with van der Waals surface area (Å²) >= 11 is 0. The first-order chi connectivity index (χ1) is 20.8. The van der Waals surface area contributed by atoms with Crippen molar-refractivity contribution in [3.8, 4) is 0 Å².